The number of methoxy groups -OCH3 is 1. The number of anilines is 1. The zero-order valence-electron chi connectivity index (χ0n) is 17.2. The summed E-state index contributed by atoms with van der Waals surface area (Å²) in [4.78, 5) is 7.04. The van der Waals surface area contributed by atoms with Crippen molar-refractivity contribution in [1.29, 1.82) is 5.26 Å². The van der Waals surface area contributed by atoms with Gasteiger partial charge in [-0.1, -0.05) is 6.07 Å². The molecule has 0 aliphatic carbocycles. The maximum Gasteiger partial charge on any atom is 0.141 e. The summed E-state index contributed by atoms with van der Waals surface area (Å²) in [5.41, 5.74) is 1.30. The minimum absolute atomic E-state index is 0.0152. The Balaban J connectivity index is 1.89. The monoisotopic (exact) mass is 460 g/mol. The van der Waals surface area contributed by atoms with Crippen LogP contribution in [-0.4, -0.2) is 36.8 Å². The highest BCUT2D eigenvalue weighted by atomic mass is 79.9. The number of aromatic nitrogens is 1. The summed E-state index contributed by atoms with van der Waals surface area (Å²) in [5, 5.41) is 12.6. The number of nitriles is 1. The summed E-state index contributed by atoms with van der Waals surface area (Å²) in [6.07, 6.45) is 2.05. The van der Waals surface area contributed by atoms with E-state index in [0.717, 1.165) is 31.7 Å². The Morgan fingerprint density at radius 2 is 1.97 bits per heavy atom. The van der Waals surface area contributed by atoms with Gasteiger partial charge in [-0.2, -0.15) is 5.26 Å². The number of rotatable bonds is 4. The van der Waals surface area contributed by atoms with Gasteiger partial charge in [-0.15, -0.1) is 0 Å². The third-order valence-corrected chi connectivity index (χ3v) is 5.72. The molecule has 2 aromatic rings. The molecule has 3 rings (SSSR count). The molecule has 0 atom stereocenters. The molecule has 2 heterocycles. The Hall–Kier alpha value is -2.17. The predicted molar refractivity (Wildman–Crippen MR) is 117 cm³/mol. The number of nitrogens with one attached hydrogen (secondary N) is 1. The van der Waals surface area contributed by atoms with Crippen LogP contribution in [0.1, 0.15) is 39.2 Å². The number of ether oxygens (including phenoxy) is 1. The number of halogens is 2. The Kier molecular flexibility index (Phi) is 6.45. The van der Waals surface area contributed by atoms with Crippen molar-refractivity contribution in [3.05, 3.63) is 40.1 Å². The van der Waals surface area contributed by atoms with Gasteiger partial charge in [0.25, 0.3) is 0 Å². The first-order chi connectivity index (χ1) is 13.7. The molecule has 154 valence electrons. The lowest BCUT2D eigenvalue weighted by atomic mass is 10.00. The molecule has 29 heavy (non-hydrogen) atoms. The zero-order chi connectivity index (χ0) is 21.2. The van der Waals surface area contributed by atoms with Crippen molar-refractivity contribution in [3.8, 4) is 23.1 Å². The van der Waals surface area contributed by atoms with E-state index in [1.165, 1.54) is 12.1 Å². The topological polar surface area (TPSA) is 61.2 Å². The summed E-state index contributed by atoms with van der Waals surface area (Å²) < 4.78 is 20.4. The van der Waals surface area contributed by atoms with Crippen molar-refractivity contribution in [3.63, 3.8) is 0 Å². The fourth-order valence-electron chi connectivity index (χ4n) is 3.61. The van der Waals surface area contributed by atoms with Gasteiger partial charge in [-0.25, -0.2) is 9.37 Å². The molecule has 0 bridgehead atoms. The quantitative estimate of drug-likeness (QED) is 0.703. The van der Waals surface area contributed by atoms with Crippen molar-refractivity contribution in [2.24, 2.45) is 0 Å². The maximum absolute atomic E-state index is 14.2. The standard InChI is InChI=1S/C22H26BrFN4O/c1-22(2,3)27-16-7-9-28(10-8-16)19-12-18(29-4)20(23)21(26-19)14-5-6-15(13-25)17(24)11-14/h5-6,11-12,16,27H,7-10H2,1-4H3. The highest BCUT2D eigenvalue weighted by Crippen LogP contribution is 2.38. The van der Waals surface area contributed by atoms with E-state index in [2.05, 4.69) is 46.9 Å². The molecule has 1 aliphatic heterocycles. The van der Waals surface area contributed by atoms with Crippen LogP contribution in [0.4, 0.5) is 10.2 Å². The number of piperidine rings is 1. The lowest BCUT2D eigenvalue weighted by Crippen LogP contribution is -2.49. The van der Waals surface area contributed by atoms with Gasteiger partial charge in [-0.3, -0.25) is 0 Å². The summed E-state index contributed by atoms with van der Waals surface area (Å²) in [6, 6.07) is 8.76. The summed E-state index contributed by atoms with van der Waals surface area (Å²) in [7, 11) is 1.60. The molecule has 1 aromatic carbocycles. The van der Waals surface area contributed by atoms with Gasteiger partial charge < -0.3 is 15.0 Å². The lowest BCUT2D eigenvalue weighted by molar-refractivity contribution is 0.316. The molecular weight excluding hydrogens is 435 g/mol. The van der Waals surface area contributed by atoms with Crippen LogP contribution < -0.4 is 15.0 Å². The Morgan fingerprint density at radius 1 is 1.28 bits per heavy atom. The fourth-order valence-corrected chi connectivity index (χ4v) is 4.21. The SMILES string of the molecule is COc1cc(N2CCC(NC(C)(C)C)CC2)nc(-c2ccc(C#N)c(F)c2)c1Br. The van der Waals surface area contributed by atoms with E-state index in [-0.39, 0.29) is 11.1 Å². The fraction of sp³-hybridized carbons (Fsp3) is 0.455. The summed E-state index contributed by atoms with van der Waals surface area (Å²) >= 11 is 3.54. The molecule has 0 unspecified atom stereocenters. The predicted octanol–water partition coefficient (Wildman–Crippen LogP) is 4.89. The van der Waals surface area contributed by atoms with Crippen LogP contribution in [0.3, 0.4) is 0 Å². The second-order valence-corrected chi connectivity index (χ2v) is 9.10. The van der Waals surface area contributed by atoms with Gasteiger partial charge in [0, 0.05) is 36.3 Å². The molecule has 1 aromatic heterocycles. The van der Waals surface area contributed by atoms with Crippen LogP contribution in [0.25, 0.3) is 11.3 Å². The first-order valence-electron chi connectivity index (χ1n) is 9.69. The number of hydrogen-bond acceptors (Lipinski definition) is 5. The minimum Gasteiger partial charge on any atom is -0.495 e. The number of pyridine rings is 1. The third kappa shape index (κ3) is 5.06. The first kappa shape index (κ1) is 21.5. The number of benzene rings is 1. The van der Waals surface area contributed by atoms with Crippen LogP contribution in [0, 0.1) is 17.1 Å². The molecule has 0 radical (unpaired) electrons. The lowest BCUT2D eigenvalue weighted by Gasteiger charge is -2.37. The molecule has 0 spiro atoms. The van der Waals surface area contributed by atoms with Gasteiger partial charge in [-0.05, 0) is 61.7 Å². The molecule has 1 saturated heterocycles. The average molecular weight is 461 g/mol. The van der Waals surface area contributed by atoms with E-state index in [1.807, 2.05) is 12.1 Å². The molecule has 5 nitrogen and oxygen atoms in total. The normalized spacial score (nSPS) is 15.3. The minimum atomic E-state index is -0.558. The Morgan fingerprint density at radius 3 is 2.52 bits per heavy atom. The highest BCUT2D eigenvalue weighted by Gasteiger charge is 2.25. The molecule has 1 aliphatic rings. The van der Waals surface area contributed by atoms with E-state index in [0.29, 0.717) is 27.5 Å². The van der Waals surface area contributed by atoms with Crippen LogP contribution in [0.5, 0.6) is 5.75 Å². The van der Waals surface area contributed by atoms with Crippen LogP contribution >= 0.6 is 15.9 Å². The van der Waals surface area contributed by atoms with Gasteiger partial charge in [0.1, 0.15) is 23.5 Å². The molecule has 7 heteroatoms. The van der Waals surface area contributed by atoms with E-state index >= 15 is 0 Å². The third-order valence-electron chi connectivity index (χ3n) is 4.95. The van der Waals surface area contributed by atoms with Gasteiger partial charge in [0.2, 0.25) is 0 Å². The molecule has 1 N–H and O–H groups in total. The van der Waals surface area contributed by atoms with Crippen molar-refractivity contribution in [1.82, 2.24) is 10.3 Å². The van der Waals surface area contributed by atoms with Crippen LogP contribution in [0.2, 0.25) is 0 Å². The second kappa shape index (κ2) is 8.68. The number of hydrogen-bond donors (Lipinski definition) is 1. The van der Waals surface area contributed by atoms with Crippen molar-refractivity contribution < 1.29 is 9.13 Å². The molecule has 0 saturated carbocycles. The smallest absolute Gasteiger partial charge is 0.141 e. The first-order valence-corrected chi connectivity index (χ1v) is 10.5. The van der Waals surface area contributed by atoms with Crippen molar-refractivity contribution in [2.75, 3.05) is 25.1 Å². The Labute approximate surface area is 180 Å². The maximum atomic E-state index is 14.2. The second-order valence-electron chi connectivity index (χ2n) is 8.31. The van der Waals surface area contributed by atoms with Gasteiger partial charge in [0.15, 0.2) is 0 Å². The summed E-state index contributed by atoms with van der Waals surface area (Å²) in [5.74, 6) is 0.890. The van der Waals surface area contributed by atoms with Crippen molar-refractivity contribution >= 4 is 21.7 Å². The summed E-state index contributed by atoms with van der Waals surface area (Å²) in [6.45, 7) is 8.32. The zero-order valence-corrected chi connectivity index (χ0v) is 18.8. The van der Waals surface area contributed by atoms with Crippen LogP contribution in [0.15, 0.2) is 28.7 Å². The molecule has 0 amide bonds. The van der Waals surface area contributed by atoms with Gasteiger partial charge >= 0.3 is 0 Å². The van der Waals surface area contributed by atoms with Crippen molar-refractivity contribution in [2.45, 2.75) is 45.2 Å². The molecule has 1 fully saturated rings. The van der Waals surface area contributed by atoms with E-state index in [1.54, 1.807) is 13.2 Å². The van der Waals surface area contributed by atoms with E-state index < -0.39 is 5.82 Å². The van der Waals surface area contributed by atoms with Crippen LogP contribution in [-0.2, 0) is 0 Å². The largest absolute Gasteiger partial charge is 0.495 e. The molecular formula is C22H26BrFN4O. The Bertz CT molecular complexity index is 928. The van der Waals surface area contributed by atoms with E-state index in [9.17, 15) is 4.39 Å². The highest BCUT2D eigenvalue weighted by molar-refractivity contribution is 9.10. The van der Waals surface area contributed by atoms with Gasteiger partial charge in [0.05, 0.1) is 22.8 Å². The average Bonchev–Trinajstić information content (AvgIpc) is 2.67. The van der Waals surface area contributed by atoms with E-state index in [4.69, 9.17) is 15.0 Å². The number of nitrogens with zero attached hydrogens (tertiary/aromatic N) is 3.